The first-order valence-corrected chi connectivity index (χ1v) is 6.23. The fourth-order valence-corrected chi connectivity index (χ4v) is 2.13. The molecule has 21 heavy (non-hydrogen) atoms. The van der Waals surface area contributed by atoms with Crippen LogP contribution >= 0.6 is 11.6 Å². The van der Waals surface area contributed by atoms with Gasteiger partial charge in [0.2, 0.25) is 0 Å². The third kappa shape index (κ3) is 2.43. The highest BCUT2D eigenvalue weighted by Gasteiger charge is 2.17. The van der Waals surface area contributed by atoms with E-state index < -0.39 is 11.6 Å². The fraction of sp³-hybridized carbons (Fsp3) is 0. The minimum absolute atomic E-state index is 0.111. The van der Waals surface area contributed by atoms with Crippen LogP contribution in [0.15, 0.2) is 36.4 Å². The first-order chi connectivity index (χ1) is 10.1. The Kier molecular flexibility index (Phi) is 3.26. The molecule has 0 spiro atoms. The van der Waals surface area contributed by atoms with E-state index in [1.54, 1.807) is 0 Å². The molecule has 0 saturated carbocycles. The van der Waals surface area contributed by atoms with Crippen molar-refractivity contribution in [3.8, 4) is 17.1 Å². The molecule has 1 aromatic heterocycles. The smallest absolute Gasteiger partial charge is 0.190 e. The number of nitrogen functional groups attached to an aromatic ring is 1. The van der Waals surface area contributed by atoms with Crippen LogP contribution in [0.3, 0.4) is 0 Å². The molecule has 0 saturated heterocycles. The van der Waals surface area contributed by atoms with Crippen molar-refractivity contribution in [3.05, 3.63) is 53.1 Å². The van der Waals surface area contributed by atoms with Gasteiger partial charge in [0.25, 0.3) is 0 Å². The van der Waals surface area contributed by atoms with E-state index in [9.17, 15) is 8.78 Å². The minimum Gasteiger partial charge on any atom is -0.399 e. The number of benzene rings is 2. The van der Waals surface area contributed by atoms with Crippen molar-refractivity contribution in [2.45, 2.75) is 0 Å². The number of rotatable bonds is 2. The summed E-state index contributed by atoms with van der Waals surface area (Å²) < 4.78 is 28.3. The van der Waals surface area contributed by atoms with Gasteiger partial charge in [-0.2, -0.15) is 4.68 Å². The van der Waals surface area contributed by atoms with Gasteiger partial charge in [-0.3, -0.25) is 0 Å². The maximum Gasteiger partial charge on any atom is 0.190 e. The van der Waals surface area contributed by atoms with Crippen LogP contribution in [0.5, 0.6) is 0 Å². The lowest BCUT2D eigenvalue weighted by atomic mass is 10.1. The second-order valence-corrected chi connectivity index (χ2v) is 4.66. The van der Waals surface area contributed by atoms with Crippen LogP contribution in [-0.2, 0) is 0 Å². The molecule has 1 heterocycles. The van der Waals surface area contributed by atoms with E-state index in [1.807, 2.05) is 0 Å². The largest absolute Gasteiger partial charge is 0.399 e. The van der Waals surface area contributed by atoms with Gasteiger partial charge in [0.15, 0.2) is 5.82 Å². The van der Waals surface area contributed by atoms with E-state index in [0.29, 0.717) is 5.69 Å². The summed E-state index contributed by atoms with van der Waals surface area (Å²) in [5, 5.41) is 11.2. The maximum atomic E-state index is 14.0. The average molecular weight is 308 g/mol. The second-order valence-electron chi connectivity index (χ2n) is 4.25. The molecule has 2 N–H and O–H groups in total. The molecule has 0 aliphatic rings. The van der Waals surface area contributed by atoms with Gasteiger partial charge in [-0.15, -0.1) is 5.10 Å². The monoisotopic (exact) mass is 307 g/mol. The number of halogens is 3. The molecule has 3 rings (SSSR count). The summed E-state index contributed by atoms with van der Waals surface area (Å²) in [6.45, 7) is 0. The lowest BCUT2D eigenvalue weighted by Gasteiger charge is -2.07. The first kappa shape index (κ1) is 13.4. The topological polar surface area (TPSA) is 69.6 Å². The van der Waals surface area contributed by atoms with Crippen LogP contribution in [0.4, 0.5) is 14.5 Å². The Morgan fingerprint density at radius 3 is 2.62 bits per heavy atom. The van der Waals surface area contributed by atoms with Gasteiger partial charge in [-0.1, -0.05) is 11.6 Å². The Morgan fingerprint density at radius 1 is 1.10 bits per heavy atom. The number of anilines is 1. The van der Waals surface area contributed by atoms with Gasteiger partial charge >= 0.3 is 0 Å². The highest BCUT2D eigenvalue weighted by Crippen LogP contribution is 2.27. The zero-order valence-electron chi connectivity index (χ0n) is 10.5. The second kappa shape index (κ2) is 5.10. The summed E-state index contributed by atoms with van der Waals surface area (Å²) >= 11 is 5.98. The van der Waals surface area contributed by atoms with Gasteiger partial charge in [-0.05, 0) is 46.8 Å². The number of nitrogens with zero attached hydrogens (tertiary/aromatic N) is 4. The summed E-state index contributed by atoms with van der Waals surface area (Å²) in [6.07, 6.45) is 0. The normalized spacial score (nSPS) is 10.8. The number of aromatic nitrogens is 4. The molecule has 0 bridgehead atoms. The van der Waals surface area contributed by atoms with Crippen LogP contribution in [0.2, 0.25) is 5.02 Å². The van der Waals surface area contributed by atoms with Crippen LogP contribution in [0, 0.1) is 11.6 Å². The molecule has 0 fully saturated rings. The standard InChI is InChI=1S/C13H8ClF2N5/c14-10-5-7(15)1-4-12(10)21-13(18-19-20-21)9-3-2-8(17)6-11(9)16/h1-6H,17H2. The van der Waals surface area contributed by atoms with Gasteiger partial charge in [-0.25, -0.2) is 8.78 Å². The number of hydrogen-bond donors (Lipinski definition) is 1. The highest BCUT2D eigenvalue weighted by atomic mass is 35.5. The molecule has 2 aromatic carbocycles. The Balaban J connectivity index is 2.17. The van der Waals surface area contributed by atoms with Gasteiger partial charge in [0, 0.05) is 5.69 Å². The first-order valence-electron chi connectivity index (χ1n) is 5.85. The summed E-state index contributed by atoms with van der Waals surface area (Å²) in [4.78, 5) is 0. The number of hydrogen-bond acceptors (Lipinski definition) is 4. The van der Waals surface area contributed by atoms with E-state index in [-0.39, 0.29) is 22.1 Å². The van der Waals surface area contributed by atoms with Crippen LogP contribution in [0.25, 0.3) is 17.1 Å². The number of tetrazole rings is 1. The van der Waals surface area contributed by atoms with E-state index in [0.717, 1.165) is 6.07 Å². The molecule has 3 aromatic rings. The Labute approximate surface area is 123 Å². The molecule has 0 atom stereocenters. The summed E-state index contributed by atoms with van der Waals surface area (Å²) in [6, 6.07) is 7.91. The van der Waals surface area contributed by atoms with Crippen molar-refractivity contribution < 1.29 is 8.78 Å². The van der Waals surface area contributed by atoms with Crippen molar-refractivity contribution in [2.75, 3.05) is 5.73 Å². The van der Waals surface area contributed by atoms with Crippen LogP contribution < -0.4 is 5.73 Å². The molecular formula is C13H8ClF2N5. The summed E-state index contributed by atoms with van der Waals surface area (Å²) in [7, 11) is 0. The van der Waals surface area contributed by atoms with E-state index in [1.165, 1.54) is 35.0 Å². The van der Waals surface area contributed by atoms with E-state index in [4.69, 9.17) is 17.3 Å². The molecule has 0 aliphatic carbocycles. The predicted molar refractivity (Wildman–Crippen MR) is 73.9 cm³/mol. The predicted octanol–water partition coefficient (Wildman–Crippen LogP) is 2.84. The molecule has 0 radical (unpaired) electrons. The Morgan fingerprint density at radius 2 is 1.90 bits per heavy atom. The lowest BCUT2D eigenvalue weighted by molar-refractivity contribution is 0.625. The van der Waals surface area contributed by atoms with Crippen molar-refractivity contribution in [3.63, 3.8) is 0 Å². The number of nitrogens with two attached hydrogens (primary N) is 1. The van der Waals surface area contributed by atoms with Crippen molar-refractivity contribution in [1.29, 1.82) is 0 Å². The lowest BCUT2D eigenvalue weighted by Crippen LogP contribution is -2.02. The van der Waals surface area contributed by atoms with E-state index in [2.05, 4.69) is 15.5 Å². The third-order valence-electron chi connectivity index (χ3n) is 2.84. The minimum atomic E-state index is -0.565. The van der Waals surface area contributed by atoms with Gasteiger partial charge < -0.3 is 5.73 Å². The van der Waals surface area contributed by atoms with Crippen molar-refractivity contribution >= 4 is 17.3 Å². The molecular weight excluding hydrogens is 300 g/mol. The zero-order valence-corrected chi connectivity index (χ0v) is 11.2. The zero-order chi connectivity index (χ0) is 15.0. The third-order valence-corrected chi connectivity index (χ3v) is 3.14. The molecule has 5 nitrogen and oxygen atoms in total. The SMILES string of the molecule is Nc1ccc(-c2nnnn2-c2ccc(F)cc2Cl)c(F)c1. The Bertz CT molecular complexity index is 752. The molecule has 106 valence electrons. The molecule has 8 heteroatoms. The highest BCUT2D eigenvalue weighted by molar-refractivity contribution is 6.32. The maximum absolute atomic E-state index is 14.0. The van der Waals surface area contributed by atoms with E-state index >= 15 is 0 Å². The molecule has 0 aliphatic heterocycles. The Hall–Kier alpha value is -2.54. The quantitative estimate of drug-likeness (QED) is 0.739. The van der Waals surface area contributed by atoms with Crippen molar-refractivity contribution in [2.24, 2.45) is 0 Å². The van der Waals surface area contributed by atoms with Gasteiger partial charge in [0.05, 0.1) is 16.3 Å². The van der Waals surface area contributed by atoms with Crippen molar-refractivity contribution in [1.82, 2.24) is 20.2 Å². The average Bonchev–Trinajstić information content (AvgIpc) is 2.87. The molecule has 0 amide bonds. The van der Waals surface area contributed by atoms with Gasteiger partial charge in [0.1, 0.15) is 11.6 Å². The fourth-order valence-electron chi connectivity index (χ4n) is 1.88. The van der Waals surface area contributed by atoms with Crippen LogP contribution in [0.1, 0.15) is 0 Å². The summed E-state index contributed by atoms with van der Waals surface area (Å²) in [5.41, 5.74) is 6.30. The summed E-state index contributed by atoms with van der Waals surface area (Å²) in [5.74, 6) is -0.915. The molecule has 0 unspecified atom stereocenters. The van der Waals surface area contributed by atoms with Crippen LogP contribution in [-0.4, -0.2) is 20.2 Å².